The highest BCUT2D eigenvalue weighted by Gasteiger charge is 2.50. The van der Waals surface area contributed by atoms with Crippen LogP contribution in [0, 0.1) is 0 Å². The number of aromatic nitrogens is 2. The second-order valence-electron chi connectivity index (χ2n) is 15.2. The Morgan fingerprint density at radius 2 is 1.09 bits per heavy atom. The maximum atomic E-state index is 5.26. The van der Waals surface area contributed by atoms with Gasteiger partial charge in [0, 0.05) is 26.5 Å². The zero-order valence-electron chi connectivity index (χ0n) is 31.0. The molecule has 3 aliphatic rings. The van der Waals surface area contributed by atoms with Crippen LogP contribution in [-0.4, -0.2) is 9.97 Å². The van der Waals surface area contributed by atoms with Crippen molar-refractivity contribution < 1.29 is 0 Å². The molecule has 0 saturated carbocycles. The van der Waals surface area contributed by atoms with E-state index >= 15 is 0 Å². The molecule has 1 aliphatic heterocycles. The van der Waals surface area contributed by atoms with E-state index in [1.165, 1.54) is 76.2 Å². The summed E-state index contributed by atoms with van der Waals surface area (Å²) in [5, 5.41) is 2.58. The van der Waals surface area contributed by atoms with Crippen molar-refractivity contribution in [3.63, 3.8) is 0 Å². The van der Waals surface area contributed by atoms with Crippen molar-refractivity contribution in [2.75, 3.05) is 0 Å². The molecule has 0 fully saturated rings. The molecular formula is C54H34N2S. The number of rotatable bonds is 4. The van der Waals surface area contributed by atoms with Crippen LogP contribution in [0.2, 0.25) is 0 Å². The Labute approximate surface area is 336 Å². The molecule has 0 saturated heterocycles. The minimum Gasteiger partial charge on any atom is -0.228 e. The van der Waals surface area contributed by atoms with E-state index in [1.807, 2.05) is 17.8 Å². The van der Waals surface area contributed by atoms with Crippen LogP contribution in [0.25, 0.3) is 73.0 Å². The third-order valence-electron chi connectivity index (χ3n) is 12.1. The van der Waals surface area contributed by atoms with E-state index < -0.39 is 5.41 Å². The van der Waals surface area contributed by atoms with E-state index in [4.69, 9.17) is 9.97 Å². The Morgan fingerprint density at radius 1 is 0.456 bits per heavy atom. The van der Waals surface area contributed by atoms with E-state index in [-0.39, 0.29) is 0 Å². The SMILES string of the molecule is C1=Cc2cc(-c3cc(-c4cccc(-c5cccc6c5Sc5ccccc5C65c6ccccc6-c6ccccc65)c4)nc(-c4ccccc4)n3)cc3cccc(c23)C1. The Balaban J connectivity index is 1.05. The van der Waals surface area contributed by atoms with E-state index in [1.54, 1.807) is 0 Å². The molecule has 0 unspecified atom stereocenters. The highest BCUT2D eigenvalue weighted by atomic mass is 32.2. The first-order chi connectivity index (χ1) is 28.2. The van der Waals surface area contributed by atoms with Gasteiger partial charge in [-0.3, -0.25) is 0 Å². The van der Waals surface area contributed by atoms with Crippen molar-refractivity contribution in [3.8, 4) is 56.2 Å². The molecule has 0 amide bonds. The van der Waals surface area contributed by atoms with Gasteiger partial charge in [0.05, 0.1) is 16.8 Å². The van der Waals surface area contributed by atoms with Crippen molar-refractivity contribution in [3.05, 3.63) is 221 Å². The summed E-state index contributed by atoms with van der Waals surface area (Å²) >= 11 is 1.89. The normalized spacial score (nSPS) is 13.9. The average molecular weight is 743 g/mol. The molecule has 266 valence electrons. The lowest BCUT2D eigenvalue weighted by molar-refractivity contribution is 0.723. The van der Waals surface area contributed by atoms with Gasteiger partial charge in [-0.05, 0) is 103 Å². The van der Waals surface area contributed by atoms with Crippen molar-refractivity contribution in [1.29, 1.82) is 0 Å². The van der Waals surface area contributed by atoms with Crippen LogP contribution in [0.1, 0.15) is 33.4 Å². The lowest BCUT2D eigenvalue weighted by Gasteiger charge is -2.40. The smallest absolute Gasteiger partial charge is 0.160 e. The fourth-order valence-electron chi connectivity index (χ4n) is 9.71. The summed E-state index contributed by atoms with van der Waals surface area (Å²) < 4.78 is 0. The topological polar surface area (TPSA) is 25.8 Å². The van der Waals surface area contributed by atoms with Gasteiger partial charge in [0.2, 0.25) is 0 Å². The molecule has 0 radical (unpaired) electrons. The predicted molar refractivity (Wildman–Crippen MR) is 235 cm³/mol. The fourth-order valence-corrected chi connectivity index (χ4v) is 11.0. The molecule has 1 spiro atoms. The highest BCUT2D eigenvalue weighted by Crippen LogP contribution is 2.63. The number of hydrogen-bond donors (Lipinski definition) is 0. The summed E-state index contributed by atoms with van der Waals surface area (Å²) in [6.07, 6.45) is 5.48. The second kappa shape index (κ2) is 12.6. The minimum atomic E-state index is -0.417. The number of fused-ring (bicyclic) bond motifs is 9. The van der Waals surface area contributed by atoms with Crippen molar-refractivity contribution in [2.45, 2.75) is 21.6 Å². The molecule has 2 nitrogen and oxygen atoms in total. The Morgan fingerprint density at radius 3 is 1.91 bits per heavy atom. The van der Waals surface area contributed by atoms with Gasteiger partial charge in [0.1, 0.15) is 0 Å². The van der Waals surface area contributed by atoms with Gasteiger partial charge in [0.15, 0.2) is 5.82 Å². The number of hydrogen-bond acceptors (Lipinski definition) is 3. The standard InChI is InChI=1S/C54H34N2S/c1-2-14-35(15-3-1)53-55-48(33-49(56-53)40-31-38-20-10-16-34-17-11-21-39(32-40)51(34)38)37-19-12-18-36(30-37)41-24-13-28-47-52(41)57-50-29-9-8-27-46(50)54(47)44-25-6-4-22-42(44)43-23-5-7-26-45(43)54/h1-16,18-33H,17H2. The first kappa shape index (κ1) is 32.4. The molecule has 57 heavy (non-hydrogen) atoms. The summed E-state index contributed by atoms with van der Waals surface area (Å²) in [5.41, 5.74) is 17.6. The van der Waals surface area contributed by atoms with Gasteiger partial charge in [-0.15, -0.1) is 0 Å². The number of benzene rings is 8. The van der Waals surface area contributed by atoms with Gasteiger partial charge >= 0.3 is 0 Å². The van der Waals surface area contributed by atoms with Crippen LogP contribution in [-0.2, 0) is 11.8 Å². The number of allylic oxidation sites excluding steroid dienone is 1. The molecule has 8 aromatic carbocycles. The quantitative estimate of drug-likeness (QED) is 0.180. The zero-order valence-corrected chi connectivity index (χ0v) is 31.8. The average Bonchev–Trinajstić information content (AvgIpc) is 3.57. The van der Waals surface area contributed by atoms with E-state index in [9.17, 15) is 0 Å². The summed E-state index contributed by atoms with van der Waals surface area (Å²) in [5.74, 6) is 0.719. The molecule has 0 atom stereocenters. The zero-order chi connectivity index (χ0) is 37.5. The molecule has 9 aromatic rings. The second-order valence-corrected chi connectivity index (χ2v) is 16.3. The Hall–Kier alpha value is -6.81. The first-order valence-electron chi connectivity index (χ1n) is 19.6. The van der Waals surface area contributed by atoms with Crippen LogP contribution >= 0.6 is 11.8 Å². The van der Waals surface area contributed by atoms with Crippen molar-refractivity contribution in [2.24, 2.45) is 0 Å². The molecule has 2 aliphatic carbocycles. The Kier molecular flexibility index (Phi) is 7.17. The van der Waals surface area contributed by atoms with Crippen LogP contribution in [0.4, 0.5) is 0 Å². The third kappa shape index (κ3) is 4.86. The maximum absolute atomic E-state index is 5.26. The molecule has 0 N–H and O–H groups in total. The van der Waals surface area contributed by atoms with Gasteiger partial charge in [-0.25, -0.2) is 9.97 Å². The lowest BCUT2D eigenvalue weighted by Crippen LogP contribution is -2.32. The fraction of sp³-hybridized carbons (Fsp3) is 0.0370. The van der Waals surface area contributed by atoms with Crippen LogP contribution in [0.5, 0.6) is 0 Å². The third-order valence-corrected chi connectivity index (χ3v) is 13.3. The van der Waals surface area contributed by atoms with Gasteiger partial charge in [-0.1, -0.05) is 176 Å². The van der Waals surface area contributed by atoms with Crippen molar-refractivity contribution >= 4 is 28.6 Å². The summed E-state index contributed by atoms with van der Waals surface area (Å²) in [4.78, 5) is 13.1. The minimum absolute atomic E-state index is 0.417. The van der Waals surface area contributed by atoms with Gasteiger partial charge in [-0.2, -0.15) is 0 Å². The maximum Gasteiger partial charge on any atom is 0.160 e. The van der Waals surface area contributed by atoms with Crippen molar-refractivity contribution in [1.82, 2.24) is 9.97 Å². The molecule has 1 aromatic heterocycles. The predicted octanol–water partition coefficient (Wildman–Crippen LogP) is 13.7. The van der Waals surface area contributed by atoms with Gasteiger partial charge < -0.3 is 0 Å². The van der Waals surface area contributed by atoms with Crippen LogP contribution < -0.4 is 0 Å². The van der Waals surface area contributed by atoms with Gasteiger partial charge in [0.25, 0.3) is 0 Å². The monoisotopic (exact) mass is 742 g/mol. The summed E-state index contributed by atoms with van der Waals surface area (Å²) in [6, 6.07) is 66.6. The largest absolute Gasteiger partial charge is 0.228 e. The molecule has 2 heterocycles. The van der Waals surface area contributed by atoms with E-state index in [0.717, 1.165) is 40.3 Å². The van der Waals surface area contributed by atoms with Crippen LogP contribution in [0.15, 0.2) is 198 Å². The lowest BCUT2D eigenvalue weighted by atomic mass is 9.67. The van der Waals surface area contributed by atoms with Crippen LogP contribution in [0.3, 0.4) is 0 Å². The first-order valence-corrected chi connectivity index (χ1v) is 20.4. The summed E-state index contributed by atoms with van der Waals surface area (Å²) in [6.45, 7) is 0. The molecular weight excluding hydrogens is 709 g/mol. The molecule has 0 bridgehead atoms. The van der Waals surface area contributed by atoms with E-state index in [0.29, 0.717) is 0 Å². The molecule has 3 heteroatoms. The highest BCUT2D eigenvalue weighted by molar-refractivity contribution is 7.99. The molecule has 12 rings (SSSR count). The van der Waals surface area contributed by atoms with E-state index in [2.05, 4.69) is 188 Å². The summed E-state index contributed by atoms with van der Waals surface area (Å²) in [7, 11) is 0. The number of nitrogens with zero attached hydrogens (tertiary/aromatic N) is 2. The Bertz CT molecular complexity index is 3100.